The molecular weight excluding hydrogens is 288 g/mol. The molecule has 1 fully saturated rings. The molecule has 1 N–H and O–H groups in total. The summed E-state index contributed by atoms with van der Waals surface area (Å²) in [4.78, 5) is 0. The molecule has 2 aromatic rings. The van der Waals surface area contributed by atoms with Crippen molar-refractivity contribution >= 4 is 26.4 Å². The molecule has 108 valence electrons. The van der Waals surface area contributed by atoms with Gasteiger partial charge in [0.1, 0.15) is 15.9 Å². The molecule has 0 bridgehead atoms. The van der Waals surface area contributed by atoms with Crippen LogP contribution in [-0.2, 0) is 9.84 Å². The van der Waals surface area contributed by atoms with Crippen LogP contribution in [0, 0.1) is 11.3 Å². The molecule has 7 heteroatoms. The summed E-state index contributed by atoms with van der Waals surface area (Å²) < 4.78 is 23.0. The van der Waals surface area contributed by atoms with Crippen LogP contribution in [0.5, 0.6) is 0 Å². The van der Waals surface area contributed by atoms with Gasteiger partial charge in [-0.1, -0.05) is 18.2 Å². The zero-order valence-corrected chi connectivity index (χ0v) is 12.1. The molecule has 1 aromatic heterocycles. The maximum Gasteiger partial charge on any atom is 0.186 e. The number of hydrogen-bond donors (Lipinski definition) is 1. The molecule has 1 aliphatic rings. The molecule has 0 saturated carbocycles. The average molecular weight is 302 g/mol. The van der Waals surface area contributed by atoms with E-state index in [-0.39, 0.29) is 23.2 Å². The molecule has 0 unspecified atom stereocenters. The first-order valence-electron chi connectivity index (χ1n) is 6.71. The van der Waals surface area contributed by atoms with Gasteiger partial charge in [-0.3, -0.25) is 0 Å². The Morgan fingerprint density at radius 1 is 1.19 bits per heavy atom. The first-order chi connectivity index (χ1) is 10.1. The minimum Gasteiger partial charge on any atom is -0.379 e. The lowest BCUT2D eigenvalue weighted by atomic mass is 10.1. The van der Waals surface area contributed by atoms with Gasteiger partial charge < -0.3 is 5.32 Å². The van der Waals surface area contributed by atoms with Gasteiger partial charge in [0.05, 0.1) is 22.7 Å². The molecule has 1 aliphatic heterocycles. The lowest BCUT2D eigenvalue weighted by molar-refractivity contribution is 0.559. The summed E-state index contributed by atoms with van der Waals surface area (Å²) in [5.41, 5.74) is 1.59. The fraction of sp³-hybridized carbons (Fsp3) is 0.357. The second kappa shape index (κ2) is 5.30. The predicted octanol–water partition coefficient (Wildman–Crippen LogP) is 1.49. The summed E-state index contributed by atoms with van der Waals surface area (Å²) in [5, 5.41) is 21.3. The van der Waals surface area contributed by atoms with Crippen LogP contribution in [0.3, 0.4) is 0 Å². The number of nitriles is 1. The Morgan fingerprint density at radius 2 is 1.90 bits per heavy atom. The Bertz CT molecular complexity index is 812. The van der Waals surface area contributed by atoms with Crippen molar-refractivity contribution < 1.29 is 8.42 Å². The molecule has 2 heterocycles. The number of rotatable bonds is 2. The van der Waals surface area contributed by atoms with Gasteiger partial charge in [-0.2, -0.15) is 5.26 Å². The maximum absolute atomic E-state index is 11.5. The molecule has 1 saturated heterocycles. The molecule has 0 radical (unpaired) electrons. The lowest BCUT2D eigenvalue weighted by Gasteiger charge is -2.24. The number of sulfone groups is 1. The summed E-state index contributed by atoms with van der Waals surface area (Å²) in [6, 6.07) is 9.53. The van der Waals surface area contributed by atoms with Crippen molar-refractivity contribution in [2.75, 3.05) is 16.8 Å². The van der Waals surface area contributed by atoms with Crippen LogP contribution in [0.1, 0.15) is 18.5 Å². The summed E-state index contributed by atoms with van der Waals surface area (Å²) in [6.45, 7) is 0. The summed E-state index contributed by atoms with van der Waals surface area (Å²) in [7, 11) is -2.90. The first kappa shape index (κ1) is 13.8. The number of nitrogens with one attached hydrogen (secondary N) is 1. The van der Waals surface area contributed by atoms with Crippen LogP contribution in [0.25, 0.3) is 10.9 Å². The normalized spacial score (nSPS) is 18.2. The van der Waals surface area contributed by atoms with Crippen LogP contribution < -0.4 is 5.32 Å². The van der Waals surface area contributed by atoms with Crippen LogP contribution in [-0.4, -0.2) is 36.2 Å². The Kier molecular flexibility index (Phi) is 3.47. The summed E-state index contributed by atoms with van der Waals surface area (Å²) in [6.07, 6.45) is 1.09. The fourth-order valence-electron chi connectivity index (χ4n) is 2.52. The zero-order chi connectivity index (χ0) is 14.9. The van der Waals surface area contributed by atoms with Crippen molar-refractivity contribution in [3.8, 4) is 6.07 Å². The predicted molar refractivity (Wildman–Crippen MR) is 79.6 cm³/mol. The topological polar surface area (TPSA) is 95.7 Å². The van der Waals surface area contributed by atoms with Crippen LogP contribution in [0.2, 0.25) is 0 Å². The molecule has 0 spiro atoms. The van der Waals surface area contributed by atoms with Gasteiger partial charge in [0.15, 0.2) is 5.69 Å². The van der Waals surface area contributed by atoms with E-state index in [0.29, 0.717) is 24.0 Å². The first-order valence-corrected chi connectivity index (χ1v) is 8.54. The fourth-order valence-corrected chi connectivity index (χ4v) is 4.01. The molecular formula is C14H14N4O2S. The van der Waals surface area contributed by atoms with Crippen LogP contribution in [0.15, 0.2) is 24.3 Å². The monoisotopic (exact) mass is 302 g/mol. The highest BCUT2D eigenvalue weighted by atomic mass is 32.2. The number of aromatic nitrogens is 2. The molecule has 0 amide bonds. The highest BCUT2D eigenvalue weighted by Crippen LogP contribution is 2.26. The Labute approximate surface area is 122 Å². The van der Waals surface area contributed by atoms with Crippen molar-refractivity contribution in [3.63, 3.8) is 0 Å². The highest BCUT2D eigenvalue weighted by molar-refractivity contribution is 7.91. The SMILES string of the molecule is N#Cc1nnc2ccccc2c1NC1CCS(=O)(=O)CC1. The van der Waals surface area contributed by atoms with Crippen molar-refractivity contribution in [2.45, 2.75) is 18.9 Å². The van der Waals surface area contributed by atoms with E-state index in [1.807, 2.05) is 30.3 Å². The van der Waals surface area contributed by atoms with Gasteiger partial charge in [0.25, 0.3) is 0 Å². The van der Waals surface area contributed by atoms with E-state index in [1.165, 1.54) is 0 Å². The maximum atomic E-state index is 11.5. The van der Waals surface area contributed by atoms with Gasteiger partial charge in [0, 0.05) is 11.4 Å². The van der Waals surface area contributed by atoms with Gasteiger partial charge in [-0.05, 0) is 18.9 Å². The quantitative estimate of drug-likeness (QED) is 0.903. The smallest absolute Gasteiger partial charge is 0.186 e. The Hall–Kier alpha value is -2.20. The van der Waals surface area contributed by atoms with E-state index >= 15 is 0 Å². The summed E-state index contributed by atoms with van der Waals surface area (Å²) in [5.74, 6) is 0.367. The van der Waals surface area contributed by atoms with E-state index in [9.17, 15) is 13.7 Å². The number of hydrogen-bond acceptors (Lipinski definition) is 6. The second-order valence-corrected chi connectivity index (χ2v) is 7.43. The van der Waals surface area contributed by atoms with Crippen LogP contribution >= 0.6 is 0 Å². The van der Waals surface area contributed by atoms with Gasteiger partial charge in [0.2, 0.25) is 0 Å². The lowest BCUT2D eigenvalue weighted by Crippen LogP contribution is -2.32. The summed E-state index contributed by atoms with van der Waals surface area (Å²) >= 11 is 0. The Morgan fingerprint density at radius 3 is 2.62 bits per heavy atom. The third-order valence-corrected chi connectivity index (χ3v) is 5.39. The van der Waals surface area contributed by atoms with E-state index in [4.69, 9.17) is 0 Å². The van der Waals surface area contributed by atoms with Crippen molar-refractivity contribution in [3.05, 3.63) is 30.0 Å². The average Bonchev–Trinajstić information content (AvgIpc) is 2.49. The van der Waals surface area contributed by atoms with E-state index in [2.05, 4.69) is 15.5 Å². The van der Waals surface area contributed by atoms with Crippen molar-refractivity contribution in [1.82, 2.24) is 10.2 Å². The number of benzene rings is 1. The van der Waals surface area contributed by atoms with Crippen molar-refractivity contribution in [1.29, 1.82) is 5.26 Å². The third kappa shape index (κ3) is 2.81. The second-order valence-electron chi connectivity index (χ2n) is 5.12. The minimum absolute atomic E-state index is 0.0354. The standard InChI is InChI=1S/C14H14N4O2S/c15-9-13-14(11-3-1-2-4-12(11)17-18-13)16-10-5-7-21(19,20)8-6-10/h1-4,10H,5-8H2,(H,16,17). The largest absolute Gasteiger partial charge is 0.379 e. The minimum atomic E-state index is -2.90. The molecule has 1 aromatic carbocycles. The van der Waals surface area contributed by atoms with Gasteiger partial charge >= 0.3 is 0 Å². The number of anilines is 1. The molecule has 6 nitrogen and oxygen atoms in total. The molecule has 21 heavy (non-hydrogen) atoms. The van der Waals surface area contributed by atoms with E-state index in [0.717, 1.165) is 5.39 Å². The van der Waals surface area contributed by atoms with E-state index < -0.39 is 9.84 Å². The van der Waals surface area contributed by atoms with Crippen molar-refractivity contribution in [2.24, 2.45) is 0 Å². The van der Waals surface area contributed by atoms with Gasteiger partial charge in [-0.25, -0.2) is 8.42 Å². The van der Waals surface area contributed by atoms with Crippen LogP contribution in [0.4, 0.5) is 5.69 Å². The molecule has 0 atom stereocenters. The zero-order valence-electron chi connectivity index (χ0n) is 11.3. The molecule has 3 rings (SSSR count). The molecule has 0 aliphatic carbocycles. The Balaban J connectivity index is 1.95. The highest BCUT2D eigenvalue weighted by Gasteiger charge is 2.24. The third-order valence-electron chi connectivity index (χ3n) is 3.68. The van der Waals surface area contributed by atoms with E-state index in [1.54, 1.807) is 0 Å². The van der Waals surface area contributed by atoms with Gasteiger partial charge in [-0.15, -0.1) is 10.2 Å². The number of fused-ring (bicyclic) bond motifs is 1. The number of nitrogens with zero attached hydrogens (tertiary/aromatic N) is 3.